The maximum Gasteiger partial charge on any atom is 0.311 e. The molecule has 84 valence electrons. The van der Waals surface area contributed by atoms with Gasteiger partial charge in [-0.25, -0.2) is 0 Å². The second-order valence-corrected chi connectivity index (χ2v) is 5.06. The van der Waals surface area contributed by atoms with Crippen LogP contribution in [0.2, 0.25) is 0 Å². The second-order valence-electron chi connectivity index (χ2n) is 5.06. The molecule has 0 saturated carbocycles. The van der Waals surface area contributed by atoms with Gasteiger partial charge in [-0.1, -0.05) is 13.8 Å². The molecule has 0 aliphatic carbocycles. The van der Waals surface area contributed by atoms with E-state index in [1.54, 1.807) is 6.92 Å². The highest BCUT2D eigenvalue weighted by atomic mass is 16.6. The van der Waals surface area contributed by atoms with E-state index in [4.69, 9.17) is 4.74 Å². The van der Waals surface area contributed by atoms with Crippen LogP contribution in [-0.4, -0.2) is 22.8 Å². The Morgan fingerprint density at radius 2 is 1.64 bits per heavy atom. The number of ether oxygens (including phenoxy) is 1. The SMILES string of the molecule is CC(C)C(O)C(C)C(=O)OC(C)(C)C. The van der Waals surface area contributed by atoms with Gasteiger partial charge in [0.05, 0.1) is 12.0 Å². The Kier molecular flexibility index (Phi) is 4.59. The average molecular weight is 202 g/mol. The lowest BCUT2D eigenvalue weighted by Gasteiger charge is -2.26. The van der Waals surface area contributed by atoms with Crippen LogP contribution in [0, 0.1) is 11.8 Å². The van der Waals surface area contributed by atoms with Crippen molar-refractivity contribution in [3.05, 3.63) is 0 Å². The molecule has 0 fully saturated rings. The van der Waals surface area contributed by atoms with E-state index in [1.807, 2.05) is 34.6 Å². The molecule has 14 heavy (non-hydrogen) atoms. The Hall–Kier alpha value is -0.570. The summed E-state index contributed by atoms with van der Waals surface area (Å²) in [6.45, 7) is 10.9. The molecule has 0 aliphatic heterocycles. The van der Waals surface area contributed by atoms with Crippen molar-refractivity contribution in [1.82, 2.24) is 0 Å². The third-order valence-electron chi connectivity index (χ3n) is 1.97. The van der Waals surface area contributed by atoms with Gasteiger partial charge in [-0.15, -0.1) is 0 Å². The lowest BCUT2D eigenvalue weighted by atomic mass is 9.95. The Morgan fingerprint density at radius 1 is 1.21 bits per heavy atom. The highest BCUT2D eigenvalue weighted by molar-refractivity contribution is 5.73. The number of esters is 1. The van der Waals surface area contributed by atoms with E-state index in [0.717, 1.165) is 0 Å². The van der Waals surface area contributed by atoms with Crippen molar-refractivity contribution < 1.29 is 14.6 Å². The van der Waals surface area contributed by atoms with Gasteiger partial charge in [0.15, 0.2) is 0 Å². The molecule has 0 aliphatic rings. The largest absolute Gasteiger partial charge is 0.460 e. The molecule has 0 aromatic rings. The van der Waals surface area contributed by atoms with E-state index in [9.17, 15) is 9.90 Å². The zero-order valence-corrected chi connectivity index (χ0v) is 10.00. The average Bonchev–Trinajstić information content (AvgIpc) is 1.98. The molecule has 0 radical (unpaired) electrons. The monoisotopic (exact) mass is 202 g/mol. The predicted molar refractivity (Wildman–Crippen MR) is 55.9 cm³/mol. The number of hydrogen-bond acceptors (Lipinski definition) is 3. The Balaban J connectivity index is 4.26. The predicted octanol–water partition coefficient (Wildman–Crippen LogP) is 1.98. The maximum absolute atomic E-state index is 11.5. The Labute approximate surface area is 86.5 Å². The fourth-order valence-electron chi connectivity index (χ4n) is 1.11. The molecule has 3 nitrogen and oxygen atoms in total. The van der Waals surface area contributed by atoms with E-state index in [0.29, 0.717) is 0 Å². The van der Waals surface area contributed by atoms with Crippen LogP contribution in [0.3, 0.4) is 0 Å². The first-order chi connectivity index (χ1) is 6.15. The lowest BCUT2D eigenvalue weighted by molar-refractivity contribution is -0.164. The van der Waals surface area contributed by atoms with Crippen LogP contribution >= 0.6 is 0 Å². The first-order valence-electron chi connectivity index (χ1n) is 5.06. The molecule has 2 unspecified atom stereocenters. The van der Waals surface area contributed by atoms with Gasteiger partial charge in [0, 0.05) is 0 Å². The number of hydrogen-bond donors (Lipinski definition) is 1. The highest BCUT2D eigenvalue weighted by Gasteiger charge is 2.28. The molecule has 0 aromatic carbocycles. The maximum atomic E-state index is 11.5. The van der Waals surface area contributed by atoms with Crippen LogP contribution < -0.4 is 0 Å². The van der Waals surface area contributed by atoms with E-state index in [2.05, 4.69) is 0 Å². The van der Waals surface area contributed by atoms with Crippen LogP contribution in [0.15, 0.2) is 0 Å². The van der Waals surface area contributed by atoms with E-state index < -0.39 is 17.6 Å². The van der Waals surface area contributed by atoms with Gasteiger partial charge >= 0.3 is 5.97 Å². The minimum atomic E-state index is -0.634. The summed E-state index contributed by atoms with van der Waals surface area (Å²) in [6.07, 6.45) is -0.634. The number of rotatable bonds is 3. The fourth-order valence-corrected chi connectivity index (χ4v) is 1.11. The van der Waals surface area contributed by atoms with Gasteiger partial charge in [0.25, 0.3) is 0 Å². The van der Waals surface area contributed by atoms with Crippen molar-refractivity contribution in [2.24, 2.45) is 11.8 Å². The standard InChI is InChI=1S/C11H22O3/c1-7(2)9(12)8(3)10(13)14-11(4,5)6/h7-9,12H,1-6H3. The molecular formula is C11H22O3. The summed E-state index contributed by atoms with van der Waals surface area (Å²) in [4.78, 5) is 11.5. The minimum absolute atomic E-state index is 0.0671. The van der Waals surface area contributed by atoms with Gasteiger partial charge in [-0.2, -0.15) is 0 Å². The number of carbonyl (C=O) groups excluding carboxylic acids is 1. The molecular weight excluding hydrogens is 180 g/mol. The van der Waals surface area contributed by atoms with E-state index in [1.165, 1.54) is 0 Å². The van der Waals surface area contributed by atoms with Gasteiger partial charge in [0.2, 0.25) is 0 Å². The van der Waals surface area contributed by atoms with Crippen molar-refractivity contribution in [1.29, 1.82) is 0 Å². The van der Waals surface area contributed by atoms with Crippen molar-refractivity contribution in [2.45, 2.75) is 53.2 Å². The van der Waals surface area contributed by atoms with Crippen molar-refractivity contribution in [2.75, 3.05) is 0 Å². The first kappa shape index (κ1) is 13.4. The van der Waals surface area contributed by atoms with Gasteiger partial charge in [0.1, 0.15) is 5.60 Å². The normalized spacial score (nSPS) is 16.6. The molecule has 0 aromatic heterocycles. The highest BCUT2D eigenvalue weighted by Crippen LogP contribution is 2.17. The quantitative estimate of drug-likeness (QED) is 0.712. The fraction of sp³-hybridized carbons (Fsp3) is 0.909. The van der Waals surface area contributed by atoms with Crippen molar-refractivity contribution in [3.63, 3.8) is 0 Å². The molecule has 0 spiro atoms. The summed E-state index contributed by atoms with van der Waals surface area (Å²) in [5.41, 5.74) is -0.484. The summed E-state index contributed by atoms with van der Waals surface area (Å²) in [7, 11) is 0. The molecule has 0 heterocycles. The molecule has 3 heteroatoms. The topological polar surface area (TPSA) is 46.5 Å². The summed E-state index contributed by atoms with van der Waals surface area (Å²) >= 11 is 0. The molecule has 2 atom stereocenters. The van der Waals surface area contributed by atoms with Crippen molar-refractivity contribution in [3.8, 4) is 0 Å². The summed E-state index contributed by atoms with van der Waals surface area (Å²) in [5, 5.41) is 9.66. The second kappa shape index (κ2) is 4.78. The van der Waals surface area contributed by atoms with Crippen molar-refractivity contribution >= 4 is 5.97 Å². The van der Waals surface area contributed by atoms with Crippen LogP contribution in [0.4, 0.5) is 0 Å². The smallest absolute Gasteiger partial charge is 0.311 e. The minimum Gasteiger partial charge on any atom is -0.460 e. The molecule has 0 amide bonds. The number of aliphatic hydroxyl groups is 1. The number of aliphatic hydroxyl groups excluding tert-OH is 1. The number of carbonyl (C=O) groups is 1. The van der Waals surface area contributed by atoms with Gasteiger partial charge < -0.3 is 9.84 Å². The zero-order chi connectivity index (χ0) is 11.5. The Bertz CT molecular complexity index is 191. The summed E-state index contributed by atoms with van der Waals surface area (Å²) < 4.78 is 5.17. The zero-order valence-electron chi connectivity index (χ0n) is 10.00. The van der Waals surface area contributed by atoms with Crippen LogP contribution in [-0.2, 0) is 9.53 Å². The third kappa shape index (κ3) is 4.61. The van der Waals surface area contributed by atoms with Gasteiger partial charge in [-0.3, -0.25) is 4.79 Å². The molecule has 0 bridgehead atoms. The van der Waals surface area contributed by atoms with Crippen LogP contribution in [0.5, 0.6) is 0 Å². The lowest BCUT2D eigenvalue weighted by Crippen LogP contribution is -2.35. The first-order valence-corrected chi connectivity index (χ1v) is 5.06. The summed E-state index contributed by atoms with van der Waals surface area (Å²) in [5.74, 6) is -0.731. The molecule has 0 saturated heterocycles. The van der Waals surface area contributed by atoms with E-state index in [-0.39, 0.29) is 11.9 Å². The van der Waals surface area contributed by atoms with Crippen LogP contribution in [0.1, 0.15) is 41.5 Å². The Morgan fingerprint density at radius 3 is 1.93 bits per heavy atom. The third-order valence-corrected chi connectivity index (χ3v) is 1.97. The van der Waals surface area contributed by atoms with Crippen LogP contribution in [0.25, 0.3) is 0 Å². The summed E-state index contributed by atoms with van der Waals surface area (Å²) in [6, 6.07) is 0. The molecule has 1 N–H and O–H groups in total. The van der Waals surface area contributed by atoms with Gasteiger partial charge in [-0.05, 0) is 33.6 Å². The van der Waals surface area contributed by atoms with E-state index >= 15 is 0 Å². The molecule has 0 rings (SSSR count).